The summed E-state index contributed by atoms with van der Waals surface area (Å²) in [4.78, 5) is 2.56. The molecule has 0 radical (unpaired) electrons. The molecule has 0 N–H and O–H groups in total. The Kier molecular flexibility index (Phi) is 9.85. The van der Waals surface area contributed by atoms with Crippen molar-refractivity contribution >= 4 is 33.0 Å². The molecule has 4 aromatic carbocycles. The van der Waals surface area contributed by atoms with Gasteiger partial charge in [-0.25, -0.2) is 0 Å². The third-order valence-corrected chi connectivity index (χ3v) is 10.5. The highest BCUT2D eigenvalue weighted by molar-refractivity contribution is 9.10. The second kappa shape index (κ2) is 14.0. The first-order valence-corrected chi connectivity index (χ1v) is 17.9. The van der Waals surface area contributed by atoms with Crippen molar-refractivity contribution in [1.82, 2.24) is 0 Å². The first kappa shape index (κ1) is 33.0. The van der Waals surface area contributed by atoms with Crippen LogP contribution in [-0.2, 0) is 23.7 Å². The minimum atomic E-state index is -0.0861. The van der Waals surface area contributed by atoms with E-state index in [0.29, 0.717) is 0 Å². The van der Waals surface area contributed by atoms with Gasteiger partial charge in [0.2, 0.25) is 5.69 Å². The zero-order valence-corrected chi connectivity index (χ0v) is 30.2. The molecule has 0 aromatic heterocycles. The first-order valence-electron chi connectivity index (χ1n) is 17.1. The van der Waals surface area contributed by atoms with Gasteiger partial charge in [0.15, 0.2) is 5.71 Å². The number of rotatable bonds is 11. The SMILES string of the molecule is Cc1ccc2c(c1)C(C)(C)\C(=C/C=C/C=C/C1=[N+](CCCc3ccccc3)c3ccc(Br)cc3C1(C)C)N2CCCc1ccccc1. The topological polar surface area (TPSA) is 6.25 Å². The summed E-state index contributed by atoms with van der Waals surface area (Å²) in [6, 6.07) is 35.4. The van der Waals surface area contributed by atoms with Crippen LogP contribution in [0.5, 0.6) is 0 Å². The van der Waals surface area contributed by atoms with Crippen LogP contribution in [0, 0.1) is 6.92 Å². The van der Waals surface area contributed by atoms with E-state index in [1.165, 1.54) is 50.6 Å². The molecular formula is C44H48BrN2+. The molecule has 2 aliphatic rings. The first-order chi connectivity index (χ1) is 22.7. The highest BCUT2D eigenvalue weighted by atomic mass is 79.9. The summed E-state index contributed by atoms with van der Waals surface area (Å²) in [5, 5.41) is 0. The van der Waals surface area contributed by atoms with E-state index in [2.05, 4.69) is 187 Å². The van der Waals surface area contributed by atoms with Gasteiger partial charge in [0.25, 0.3) is 0 Å². The molecule has 0 spiro atoms. The number of allylic oxidation sites excluding steroid dienone is 6. The van der Waals surface area contributed by atoms with Crippen molar-refractivity contribution in [1.29, 1.82) is 0 Å². The molecule has 2 heterocycles. The second-order valence-corrected chi connectivity index (χ2v) is 15.0. The number of benzene rings is 4. The van der Waals surface area contributed by atoms with Crippen LogP contribution < -0.4 is 4.90 Å². The summed E-state index contributed by atoms with van der Waals surface area (Å²) < 4.78 is 3.68. The van der Waals surface area contributed by atoms with Gasteiger partial charge >= 0.3 is 0 Å². The molecule has 0 saturated carbocycles. The van der Waals surface area contributed by atoms with Crippen molar-refractivity contribution in [3.63, 3.8) is 0 Å². The number of halogens is 1. The second-order valence-electron chi connectivity index (χ2n) is 14.1. The maximum Gasteiger partial charge on any atom is 0.209 e. The van der Waals surface area contributed by atoms with E-state index in [9.17, 15) is 0 Å². The molecule has 47 heavy (non-hydrogen) atoms. The number of hydrogen-bond acceptors (Lipinski definition) is 1. The van der Waals surface area contributed by atoms with Crippen molar-refractivity contribution in [2.24, 2.45) is 0 Å². The lowest BCUT2D eigenvalue weighted by Gasteiger charge is -2.27. The predicted octanol–water partition coefficient (Wildman–Crippen LogP) is 11.2. The van der Waals surface area contributed by atoms with Crippen LogP contribution in [0.15, 0.2) is 138 Å². The van der Waals surface area contributed by atoms with E-state index >= 15 is 0 Å². The molecule has 0 unspecified atom stereocenters. The Morgan fingerprint density at radius 3 is 2.09 bits per heavy atom. The molecule has 0 aliphatic carbocycles. The monoisotopic (exact) mass is 683 g/mol. The van der Waals surface area contributed by atoms with E-state index in [4.69, 9.17) is 0 Å². The zero-order chi connectivity index (χ0) is 33.0. The van der Waals surface area contributed by atoms with Gasteiger partial charge in [0.1, 0.15) is 6.54 Å². The van der Waals surface area contributed by atoms with Gasteiger partial charge in [-0.05, 0) is 81.0 Å². The maximum atomic E-state index is 3.73. The number of anilines is 1. The Hall–Kier alpha value is -3.95. The van der Waals surface area contributed by atoms with Crippen LogP contribution in [0.25, 0.3) is 0 Å². The lowest BCUT2D eigenvalue weighted by Crippen LogP contribution is -2.28. The van der Waals surface area contributed by atoms with Gasteiger partial charge < -0.3 is 4.90 Å². The van der Waals surface area contributed by atoms with Crippen LogP contribution in [0.2, 0.25) is 0 Å². The summed E-state index contributed by atoms with van der Waals surface area (Å²) in [5.41, 5.74) is 12.2. The summed E-state index contributed by atoms with van der Waals surface area (Å²) in [6.45, 7) is 13.6. The largest absolute Gasteiger partial charge is 0.344 e. The number of aryl methyl sites for hydroxylation is 3. The number of hydrogen-bond donors (Lipinski definition) is 0. The third kappa shape index (κ3) is 7.02. The molecule has 0 atom stereocenters. The molecule has 0 fully saturated rings. The molecule has 4 aromatic rings. The van der Waals surface area contributed by atoms with Gasteiger partial charge in [-0.15, -0.1) is 0 Å². The minimum Gasteiger partial charge on any atom is -0.344 e. The molecule has 3 heteroatoms. The van der Waals surface area contributed by atoms with Gasteiger partial charge in [-0.1, -0.05) is 126 Å². The summed E-state index contributed by atoms with van der Waals surface area (Å²) >= 11 is 3.73. The number of fused-ring (bicyclic) bond motifs is 2. The van der Waals surface area contributed by atoms with Crippen LogP contribution in [-0.4, -0.2) is 23.4 Å². The quantitative estimate of drug-likeness (QED) is 0.113. The van der Waals surface area contributed by atoms with Crippen LogP contribution >= 0.6 is 15.9 Å². The highest BCUT2D eigenvalue weighted by Crippen LogP contribution is 2.48. The Labute approximate surface area is 291 Å². The van der Waals surface area contributed by atoms with Crippen LogP contribution in [0.1, 0.15) is 68.4 Å². The van der Waals surface area contributed by atoms with E-state index < -0.39 is 0 Å². The zero-order valence-electron chi connectivity index (χ0n) is 28.6. The Bertz CT molecular complexity index is 1840. The average molecular weight is 685 g/mol. The Balaban J connectivity index is 1.24. The van der Waals surface area contributed by atoms with Crippen molar-refractivity contribution in [2.75, 3.05) is 18.0 Å². The van der Waals surface area contributed by atoms with Crippen LogP contribution in [0.4, 0.5) is 11.4 Å². The van der Waals surface area contributed by atoms with Gasteiger partial charge in [0.05, 0.1) is 5.41 Å². The molecule has 2 nitrogen and oxygen atoms in total. The average Bonchev–Trinajstić information content (AvgIpc) is 3.39. The van der Waals surface area contributed by atoms with Gasteiger partial charge in [-0.3, -0.25) is 0 Å². The third-order valence-electron chi connectivity index (χ3n) is 10.0. The van der Waals surface area contributed by atoms with Gasteiger partial charge in [-0.2, -0.15) is 4.58 Å². The molecule has 240 valence electrons. The normalized spacial score (nSPS) is 17.3. The summed E-state index contributed by atoms with van der Waals surface area (Å²) in [5.74, 6) is 0. The molecule has 0 bridgehead atoms. The molecule has 0 amide bonds. The van der Waals surface area contributed by atoms with E-state index in [-0.39, 0.29) is 10.8 Å². The van der Waals surface area contributed by atoms with E-state index in [0.717, 1.165) is 43.2 Å². The van der Waals surface area contributed by atoms with Crippen molar-refractivity contribution in [3.05, 3.63) is 165 Å². The highest BCUT2D eigenvalue weighted by Gasteiger charge is 2.44. The summed E-state index contributed by atoms with van der Waals surface area (Å²) in [6.07, 6.45) is 15.7. The van der Waals surface area contributed by atoms with Gasteiger partial charge in [0, 0.05) is 51.9 Å². The fourth-order valence-corrected chi connectivity index (χ4v) is 7.81. The van der Waals surface area contributed by atoms with E-state index in [1.54, 1.807) is 0 Å². The lowest BCUT2D eigenvalue weighted by molar-refractivity contribution is -0.438. The number of nitrogens with zero attached hydrogens (tertiary/aromatic N) is 2. The van der Waals surface area contributed by atoms with E-state index in [1.807, 2.05) is 0 Å². The minimum absolute atomic E-state index is 0.0606. The Morgan fingerprint density at radius 1 is 0.702 bits per heavy atom. The Morgan fingerprint density at radius 2 is 1.38 bits per heavy atom. The van der Waals surface area contributed by atoms with Crippen molar-refractivity contribution in [3.8, 4) is 0 Å². The van der Waals surface area contributed by atoms with Crippen LogP contribution in [0.3, 0.4) is 0 Å². The standard InChI is InChI=1S/C44H48BrN2/c1-33-25-27-39-37(31-33)43(2,3)41(46(39)29-15-21-34-17-9-6-10-18-34)23-13-8-14-24-42-44(4,5)38-32-36(45)26-28-40(38)47(42)30-16-22-35-19-11-7-12-20-35/h6-14,17-20,23-28,31-32H,15-16,21-22,29-30H2,1-5H3/q+1. The summed E-state index contributed by atoms with van der Waals surface area (Å²) in [7, 11) is 0. The van der Waals surface area contributed by atoms with Crippen molar-refractivity contribution < 1.29 is 4.58 Å². The lowest BCUT2D eigenvalue weighted by atomic mass is 9.81. The fraction of sp³-hybridized carbons (Fsp3) is 0.295. The van der Waals surface area contributed by atoms with Crippen molar-refractivity contribution in [2.45, 2.75) is 71.1 Å². The smallest absolute Gasteiger partial charge is 0.209 e. The molecular weight excluding hydrogens is 636 g/mol. The maximum absolute atomic E-state index is 3.73. The molecule has 6 rings (SSSR count). The predicted molar refractivity (Wildman–Crippen MR) is 204 cm³/mol. The fourth-order valence-electron chi connectivity index (χ4n) is 7.45. The molecule has 2 aliphatic heterocycles. The molecule has 0 saturated heterocycles.